The molecule has 1 heterocycles. The molecule has 0 radical (unpaired) electrons. The van der Waals surface area contributed by atoms with Gasteiger partial charge in [0.2, 0.25) is 11.8 Å². The Morgan fingerprint density at radius 3 is 2.68 bits per heavy atom. The van der Waals surface area contributed by atoms with Crippen LogP contribution in [0.1, 0.15) is 13.3 Å². The van der Waals surface area contributed by atoms with Gasteiger partial charge in [0.25, 0.3) is 0 Å². The Bertz CT molecular complexity index is 347. The predicted molar refractivity (Wildman–Crippen MR) is 62.3 cm³/mol. The number of hydrogen-bond acceptors (Lipinski definition) is 3. The van der Waals surface area contributed by atoms with Crippen LogP contribution in [0.2, 0.25) is 0 Å². The molecule has 1 rings (SSSR count). The van der Waals surface area contributed by atoms with Crippen molar-refractivity contribution >= 4 is 11.8 Å². The van der Waals surface area contributed by atoms with E-state index in [1.807, 2.05) is 0 Å². The summed E-state index contributed by atoms with van der Waals surface area (Å²) in [6.07, 6.45) is -4.19. The number of halogens is 3. The fourth-order valence-electron chi connectivity index (χ4n) is 1.96. The van der Waals surface area contributed by atoms with Gasteiger partial charge in [-0.05, 0) is 13.5 Å². The molecule has 2 amide bonds. The molecule has 1 fully saturated rings. The Morgan fingerprint density at radius 2 is 2.16 bits per heavy atom. The Labute approximate surface area is 109 Å². The van der Waals surface area contributed by atoms with E-state index in [0.717, 1.165) is 4.90 Å². The van der Waals surface area contributed by atoms with Crippen molar-refractivity contribution in [2.24, 2.45) is 5.92 Å². The second kappa shape index (κ2) is 6.23. The van der Waals surface area contributed by atoms with Crippen molar-refractivity contribution in [1.29, 1.82) is 0 Å². The van der Waals surface area contributed by atoms with Gasteiger partial charge in [0, 0.05) is 19.0 Å². The number of nitrogens with one attached hydrogen (secondary N) is 2. The van der Waals surface area contributed by atoms with Gasteiger partial charge < -0.3 is 15.5 Å². The van der Waals surface area contributed by atoms with Crippen LogP contribution >= 0.6 is 0 Å². The maximum Gasteiger partial charge on any atom is 0.406 e. The molecule has 0 aromatic heterocycles. The van der Waals surface area contributed by atoms with Crippen molar-refractivity contribution in [1.82, 2.24) is 15.5 Å². The number of hydrogen-bond donors (Lipinski definition) is 2. The van der Waals surface area contributed by atoms with Crippen LogP contribution in [0.15, 0.2) is 0 Å². The summed E-state index contributed by atoms with van der Waals surface area (Å²) >= 11 is 0. The first-order chi connectivity index (χ1) is 8.74. The number of rotatable bonds is 5. The summed E-state index contributed by atoms with van der Waals surface area (Å²) in [6.45, 7) is 0.881. The van der Waals surface area contributed by atoms with Crippen molar-refractivity contribution in [3.05, 3.63) is 0 Å². The molecule has 0 aliphatic carbocycles. The van der Waals surface area contributed by atoms with Crippen molar-refractivity contribution in [2.45, 2.75) is 25.6 Å². The van der Waals surface area contributed by atoms with E-state index in [-0.39, 0.29) is 24.8 Å². The van der Waals surface area contributed by atoms with Gasteiger partial charge in [-0.2, -0.15) is 13.2 Å². The van der Waals surface area contributed by atoms with E-state index < -0.39 is 24.7 Å². The van der Waals surface area contributed by atoms with Crippen LogP contribution in [0.3, 0.4) is 0 Å². The third kappa shape index (κ3) is 4.70. The second-order valence-electron chi connectivity index (χ2n) is 4.68. The van der Waals surface area contributed by atoms with Crippen LogP contribution in [0, 0.1) is 5.92 Å². The van der Waals surface area contributed by atoms with Crippen molar-refractivity contribution in [3.8, 4) is 0 Å². The molecule has 1 aliphatic heterocycles. The summed E-state index contributed by atoms with van der Waals surface area (Å²) < 4.78 is 36.6. The fraction of sp³-hybridized carbons (Fsp3) is 0.818. The van der Waals surface area contributed by atoms with E-state index in [2.05, 4.69) is 10.6 Å². The van der Waals surface area contributed by atoms with E-state index in [9.17, 15) is 22.8 Å². The molecular weight excluding hydrogens is 263 g/mol. The van der Waals surface area contributed by atoms with Gasteiger partial charge in [0.15, 0.2) is 0 Å². The highest BCUT2D eigenvalue weighted by Crippen LogP contribution is 2.21. The summed E-state index contributed by atoms with van der Waals surface area (Å²) in [5, 5.41) is 5.31. The van der Waals surface area contributed by atoms with Gasteiger partial charge in [0.05, 0.1) is 0 Å². The zero-order valence-corrected chi connectivity index (χ0v) is 10.9. The van der Waals surface area contributed by atoms with Gasteiger partial charge >= 0.3 is 6.18 Å². The second-order valence-corrected chi connectivity index (χ2v) is 4.68. The third-order valence-electron chi connectivity index (χ3n) is 2.94. The van der Waals surface area contributed by atoms with Gasteiger partial charge in [-0.25, -0.2) is 0 Å². The molecule has 2 N–H and O–H groups in total. The molecule has 2 atom stereocenters. The fourth-order valence-corrected chi connectivity index (χ4v) is 1.96. The highest BCUT2D eigenvalue weighted by molar-refractivity contribution is 5.89. The summed E-state index contributed by atoms with van der Waals surface area (Å²) in [6, 6.07) is -0.839. The minimum atomic E-state index is -4.41. The molecule has 0 spiro atoms. The van der Waals surface area contributed by atoms with E-state index in [1.54, 1.807) is 14.0 Å². The smallest absolute Gasteiger partial charge is 0.344 e. The lowest BCUT2D eigenvalue weighted by molar-refractivity contribution is -0.158. The van der Waals surface area contributed by atoms with E-state index in [0.29, 0.717) is 6.54 Å². The Kier molecular flexibility index (Phi) is 5.16. The zero-order chi connectivity index (χ0) is 14.6. The van der Waals surface area contributed by atoms with E-state index in [4.69, 9.17) is 0 Å². The first-order valence-corrected chi connectivity index (χ1v) is 6.05. The van der Waals surface area contributed by atoms with Crippen LogP contribution in [-0.2, 0) is 9.59 Å². The summed E-state index contributed by atoms with van der Waals surface area (Å²) in [5.74, 6) is -1.33. The third-order valence-corrected chi connectivity index (χ3v) is 2.94. The topological polar surface area (TPSA) is 61.4 Å². The number of alkyl halides is 3. The highest BCUT2D eigenvalue weighted by Gasteiger charge is 2.39. The SMILES string of the molecule is CNCC(C)C(=O)NC1CCN(CC(F)(F)F)C1=O. The normalized spacial score (nSPS) is 21.6. The molecular formula is C11H18F3N3O2. The lowest BCUT2D eigenvalue weighted by Crippen LogP contribution is -2.46. The number of carbonyl (C=O) groups is 2. The van der Waals surface area contributed by atoms with Crippen LogP contribution in [0.25, 0.3) is 0 Å². The van der Waals surface area contributed by atoms with Crippen molar-refractivity contribution in [3.63, 3.8) is 0 Å². The van der Waals surface area contributed by atoms with Gasteiger partial charge in [-0.15, -0.1) is 0 Å². The number of nitrogens with zero attached hydrogens (tertiary/aromatic N) is 1. The molecule has 0 aromatic rings. The lowest BCUT2D eigenvalue weighted by Gasteiger charge is -2.19. The van der Waals surface area contributed by atoms with E-state index >= 15 is 0 Å². The zero-order valence-electron chi connectivity index (χ0n) is 10.9. The monoisotopic (exact) mass is 281 g/mol. The minimum absolute atomic E-state index is 0.0176. The maximum atomic E-state index is 12.2. The summed E-state index contributed by atoms with van der Waals surface area (Å²) in [7, 11) is 1.69. The summed E-state index contributed by atoms with van der Waals surface area (Å²) in [4.78, 5) is 24.1. The first-order valence-electron chi connectivity index (χ1n) is 6.05. The predicted octanol–water partition coefficient (Wildman–Crippen LogP) is 0.121. The standard InChI is InChI=1S/C11H18F3N3O2/c1-7(5-15-2)9(18)16-8-3-4-17(10(8)19)6-11(12,13)14/h7-8,15H,3-6H2,1-2H3,(H,16,18). The average Bonchev–Trinajstić information content (AvgIpc) is 2.60. The van der Waals surface area contributed by atoms with Crippen LogP contribution in [0.5, 0.6) is 0 Å². The number of likely N-dealkylation sites (tertiary alicyclic amines) is 1. The molecule has 110 valence electrons. The van der Waals surface area contributed by atoms with Crippen LogP contribution in [-0.4, -0.2) is 55.6 Å². The molecule has 1 saturated heterocycles. The molecule has 5 nitrogen and oxygen atoms in total. The quantitative estimate of drug-likeness (QED) is 0.752. The Balaban J connectivity index is 2.50. The first kappa shape index (κ1) is 15.7. The van der Waals surface area contributed by atoms with Crippen LogP contribution < -0.4 is 10.6 Å². The average molecular weight is 281 g/mol. The Hall–Kier alpha value is -1.31. The molecule has 0 saturated carbocycles. The number of carbonyl (C=O) groups excluding carboxylic acids is 2. The molecule has 8 heteroatoms. The summed E-state index contributed by atoms with van der Waals surface area (Å²) in [5.41, 5.74) is 0. The van der Waals surface area contributed by atoms with Crippen molar-refractivity contribution in [2.75, 3.05) is 26.7 Å². The Morgan fingerprint density at radius 1 is 1.53 bits per heavy atom. The highest BCUT2D eigenvalue weighted by atomic mass is 19.4. The van der Waals surface area contributed by atoms with Gasteiger partial charge in [-0.1, -0.05) is 6.92 Å². The number of amides is 2. The van der Waals surface area contributed by atoms with Gasteiger partial charge in [0.1, 0.15) is 12.6 Å². The van der Waals surface area contributed by atoms with Crippen molar-refractivity contribution < 1.29 is 22.8 Å². The molecule has 19 heavy (non-hydrogen) atoms. The van der Waals surface area contributed by atoms with Crippen LogP contribution in [0.4, 0.5) is 13.2 Å². The molecule has 1 aliphatic rings. The maximum absolute atomic E-state index is 12.2. The largest absolute Gasteiger partial charge is 0.406 e. The van der Waals surface area contributed by atoms with Gasteiger partial charge in [-0.3, -0.25) is 9.59 Å². The van der Waals surface area contributed by atoms with E-state index in [1.165, 1.54) is 0 Å². The lowest BCUT2D eigenvalue weighted by atomic mass is 10.1. The molecule has 2 unspecified atom stereocenters. The molecule has 0 aromatic carbocycles. The minimum Gasteiger partial charge on any atom is -0.344 e. The molecule has 0 bridgehead atoms.